The van der Waals surface area contributed by atoms with Gasteiger partial charge in [-0.3, -0.25) is 19.3 Å². The molecule has 0 radical (unpaired) electrons. The lowest BCUT2D eigenvalue weighted by Gasteiger charge is -2.12. The summed E-state index contributed by atoms with van der Waals surface area (Å²) in [6.07, 6.45) is 1.50. The van der Waals surface area contributed by atoms with Gasteiger partial charge in [0.1, 0.15) is 13.2 Å². The van der Waals surface area contributed by atoms with Gasteiger partial charge in [0, 0.05) is 0 Å². The van der Waals surface area contributed by atoms with Crippen LogP contribution in [0.25, 0.3) is 6.08 Å². The number of hydrogen-bond acceptors (Lipinski definition) is 6. The van der Waals surface area contributed by atoms with Gasteiger partial charge in [0.2, 0.25) is 0 Å². The average molecular weight is 480 g/mol. The van der Waals surface area contributed by atoms with Crippen LogP contribution in [0, 0.1) is 6.92 Å². The Hall–Kier alpha value is -2.48. The number of carbonyl (C=O) groups is 3. The van der Waals surface area contributed by atoms with E-state index in [-0.39, 0.29) is 21.6 Å². The molecule has 2 amide bonds. The molecule has 162 valence electrons. The predicted octanol–water partition coefficient (Wildman–Crippen LogP) is 5.48. The molecule has 0 bridgehead atoms. The molecule has 1 aliphatic rings. The molecule has 2 aromatic rings. The lowest BCUT2D eigenvalue weighted by molar-refractivity contribution is -0.145. The largest absolute Gasteiger partial charge is 0.486 e. The van der Waals surface area contributed by atoms with Gasteiger partial charge in [-0.25, -0.2) is 0 Å². The third-order valence-electron chi connectivity index (χ3n) is 4.25. The van der Waals surface area contributed by atoms with E-state index in [1.165, 1.54) is 6.08 Å². The fourth-order valence-corrected chi connectivity index (χ4v) is 4.33. The number of carbonyl (C=O) groups excluding carboxylic acids is 3. The van der Waals surface area contributed by atoms with Crippen molar-refractivity contribution in [3.8, 4) is 5.75 Å². The molecule has 1 aliphatic heterocycles. The van der Waals surface area contributed by atoms with Crippen LogP contribution in [0.5, 0.6) is 5.75 Å². The van der Waals surface area contributed by atoms with Crippen LogP contribution >= 0.6 is 35.0 Å². The fourth-order valence-electron chi connectivity index (χ4n) is 2.88. The van der Waals surface area contributed by atoms with Crippen LogP contribution in [0.2, 0.25) is 10.0 Å². The Bertz CT molecular complexity index is 1050. The van der Waals surface area contributed by atoms with Crippen molar-refractivity contribution in [1.29, 1.82) is 0 Å². The molecule has 1 heterocycles. The highest BCUT2D eigenvalue weighted by Gasteiger charge is 2.36. The second-order valence-electron chi connectivity index (χ2n) is 6.66. The van der Waals surface area contributed by atoms with Gasteiger partial charge < -0.3 is 9.47 Å². The summed E-state index contributed by atoms with van der Waals surface area (Å²) in [6.45, 7) is 3.68. The summed E-state index contributed by atoms with van der Waals surface area (Å²) in [5, 5.41) is 0.00825. The predicted molar refractivity (Wildman–Crippen MR) is 121 cm³/mol. The minimum absolute atomic E-state index is 0.162. The van der Waals surface area contributed by atoms with E-state index in [0.29, 0.717) is 17.9 Å². The number of thioether (sulfide) groups is 1. The smallest absolute Gasteiger partial charge is 0.326 e. The molecule has 0 unspecified atom stereocenters. The Labute approximate surface area is 194 Å². The first-order chi connectivity index (χ1) is 14.8. The molecule has 0 aromatic heterocycles. The maximum absolute atomic E-state index is 12.5. The van der Waals surface area contributed by atoms with E-state index in [4.69, 9.17) is 32.7 Å². The number of amides is 2. The topological polar surface area (TPSA) is 72.9 Å². The minimum atomic E-state index is -0.646. The molecule has 0 atom stereocenters. The number of aryl methyl sites for hydroxylation is 1. The van der Waals surface area contributed by atoms with Crippen molar-refractivity contribution < 1.29 is 23.9 Å². The zero-order chi connectivity index (χ0) is 22.5. The van der Waals surface area contributed by atoms with E-state index in [1.54, 1.807) is 19.1 Å². The van der Waals surface area contributed by atoms with Gasteiger partial charge in [0.25, 0.3) is 11.1 Å². The van der Waals surface area contributed by atoms with E-state index in [0.717, 1.165) is 27.8 Å². The molecule has 0 spiro atoms. The van der Waals surface area contributed by atoms with Gasteiger partial charge in [-0.1, -0.05) is 53.0 Å². The van der Waals surface area contributed by atoms with Crippen molar-refractivity contribution in [2.45, 2.75) is 20.5 Å². The maximum Gasteiger partial charge on any atom is 0.326 e. The first kappa shape index (κ1) is 23.2. The van der Waals surface area contributed by atoms with Crippen molar-refractivity contribution in [3.05, 3.63) is 68.0 Å². The molecule has 6 nitrogen and oxygen atoms in total. The first-order valence-electron chi connectivity index (χ1n) is 9.37. The molecule has 2 aromatic carbocycles. The van der Waals surface area contributed by atoms with Crippen LogP contribution < -0.4 is 4.74 Å². The van der Waals surface area contributed by atoms with Gasteiger partial charge in [-0.15, -0.1) is 0 Å². The van der Waals surface area contributed by atoms with E-state index in [9.17, 15) is 14.4 Å². The van der Waals surface area contributed by atoms with Crippen LogP contribution in [0.3, 0.4) is 0 Å². The number of hydrogen-bond donors (Lipinski definition) is 0. The highest BCUT2D eigenvalue weighted by molar-refractivity contribution is 8.18. The molecule has 1 fully saturated rings. The highest BCUT2D eigenvalue weighted by Crippen LogP contribution is 2.37. The summed E-state index contributed by atoms with van der Waals surface area (Å²) in [4.78, 5) is 37.2. The molecule has 31 heavy (non-hydrogen) atoms. The van der Waals surface area contributed by atoms with Crippen LogP contribution in [-0.4, -0.2) is 35.2 Å². The fraction of sp³-hybridized carbons (Fsp3) is 0.227. The monoisotopic (exact) mass is 479 g/mol. The number of esters is 1. The van der Waals surface area contributed by atoms with Crippen LogP contribution in [0.15, 0.2) is 41.3 Å². The second kappa shape index (κ2) is 10.2. The summed E-state index contributed by atoms with van der Waals surface area (Å²) in [6, 6.07) is 11.1. The van der Waals surface area contributed by atoms with Crippen LogP contribution in [0.1, 0.15) is 23.6 Å². The molecule has 3 rings (SSSR count). The van der Waals surface area contributed by atoms with E-state index in [2.05, 4.69) is 0 Å². The Kier molecular flexibility index (Phi) is 7.64. The second-order valence-corrected chi connectivity index (χ2v) is 8.47. The first-order valence-corrected chi connectivity index (χ1v) is 10.9. The summed E-state index contributed by atoms with van der Waals surface area (Å²) >= 11 is 13.4. The zero-order valence-electron chi connectivity index (χ0n) is 16.8. The average Bonchev–Trinajstić information content (AvgIpc) is 2.95. The number of halogens is 2. The van der Waals surface area contributed by atoms with Gasteiger partial charge in [-0.2, -0.15) is 0 Å². The summed E-state index contributed by atoms with van der Waals surface area (Å²) in [5.41, 5.74) is 2.62. The van der Waals surface area contributed by atoms with Crippen molar-refractivity contribution >= 4 is 58.2 Å². The standard InChI is InChI=1S/C22H19Cl2NO5S/c1-3-29-19(26)11-25-21(27)18(31-22(25)28)10-15-8-16(23)20(17(24)9-15)30-12-14-6-4-5-13(2)7-14/h4-10H,3,11-12H2,1-2H3/b18-10+. The van der Waals surface area contributed by atoms with Crippen molar-refractivity contribution in [2.75, 3.05) is 13.2 Å². The Morgan fingerprint density at radius 3 is 2.52 bits per heavy atom. The molecule has 1 saturated heterocycles. The SMILES string of the molecule is CCOC(=O)CN1C(=O)S/C(=C/c2cc(Cl)c(OCc3cccc(C)c3)c(Cl)c2)C1=O. The van der Waals surface area contributed by atoms with Gasteiger partial charge in [-0.05, 0) is 54.9 Å². The highest BCUT2D eigenvalue weighted by atomic mass is 35.5. The summed E-state index contributed by atoms with van der Waals surface area (Å²) in [7, 11) is 0. The van der Waals surface area contributed by atoms with Crippen LogP contribution in [0.4, 0.5) is 4.79 Å². The number of ether oxygens (including phenoxy) is 2. The Morgan fingerprint density at radius 1 is 1.16 bits per heavy atom. The van der Waals surface area contributed by atoms with E-state index in [1.807, 2.05) is 31.2 Å². The quantitative estimate of drug-likeness (QED) is 0.386. The number of nitrogens with zero attached hydrogens (tertiary/aromatic N) is 1. The zero-order valence-corrected chi connectivity index (χ0v) is 19.1. The molecular weight excluding hydrogens is 461 g/mol. The third-order valence-corrected chi connectivity index (χ3v) is 5.72. The number of benzene rings is 2. The normalized spacial score (nSPS) is 15.0. The Morgan fingerprint density at radius 2 is 1.87 bits per heavy atom. The lowest BCUT2D eigenvalue weighted by atomic mass is 10.1. The van der Waals surface area contributed by atoms with Crippen molar-refractivity contribution in [1.82, 2.24) is 4.90 Å². The third kappa shape index (κ3) is 5.81. The van der Waals surface area contributed by atoms with E-state index < -0.39 is 23.7 Å². The maximum atomic E-state index is 12.5. The number of rotatable bonds is 7. The van der Waals surface area contributed by atoms with Gasteiger partial charge in [0.05, 0.1) is 21.6 Å². The summed E-state index contributed by atoms with van der Waals surface area (Å²) < 4.78 is 10.6. The molecular formula is C22H19Cl2NO5S. The lowest BCUT2D eigenvalue weighted by Crippen LogP contribution is -2.34. The van der Waals surface area contributed by atoms with Crippen LogP contribution in [-0.2, 0) is 20.9 Å². The van der Waals surface area contributed by atoms with Gasteiger partial charge in [0.15, 0.2) is 5.75 Å². The van der Waals surface area contributed by atoms with Crippen molar-refractivity contribution in [3.63, 3.8) is 0 Å². The minimum Gasteiger partial charge on any atom is -0.486 e. The van der Waals surface area contributed by atoms with Crippen molar-refractivity contribution in [2.24, 2.45) is 0 Å². The molecule has 0 N–H and O–H groups in total. The number of imide groups is 1. The molecule has 0 aliphatic carbocycles. The summed E-state index contributed by atoms with van der Waals surface area (Å²) in [5.74, 6) is -0.889. The Balaban J connectivity index is 1.75. The molecule has 0 saturated carbocycles. The van der Waals surface area contributed by atoms with Gasteiger partial charge >= 0.3 is 5.97 Å². The molecule has 9 heteroatoms. The van der Waals surface area contributed by atoms with E-state index >= 15 is 0 Å².